The lowest BCUT2D eigenvalue weighted by Crippen LogP contribution is -2.42. The molecule has 2 rings (SSSR count). The number of likely N-dealkylation sites (N-methyl/N-ethyl adjacent to an activating group) is 1. The lowest BCUT2D eigenvalue weighted by atomic mass is 9.92. The maximum Gasteiger partial charge on any atom is 0.147 e. The minimum atomic E-state index is 0.0852. The first-order valence-corrected chi connectivity index (χ1v) is 5.12. The quantitative estimate of drug-likeness (QED) is 0.629. The van der Waals surface area contributed by atoms with Crippen molar-refractivity contribution in [1.82, 2.24) is 4.90 Å². The van der Waals surface area contributed by atoms with E-state index in [0.29, 0.717) is 0 Å². The zero-order valence-electron chi connectivity index (χ0n) is 8.79. The summed E-state index contributed by atoms with van der Waals surface area (Å²) in [6.07, 6.45) is 5.00. The highest BCUT2D eigenvalue weighted by Crippen LogP contribution is 2.28. The van der Waals surface area contributed by atoms with E-state index in [-0.39, 0.29) is 11.8 Å². The Morgan fingerprint density at radius 1 is 1.64 bits per heavy atom. The number of Topliss-reactive ketones (excluding diaryl/α,β-unsaturated/α-hetero) is 1. The maximum atomic E-state index is 11.4. The first-order valence-electron chi connectivity index (χ1n) is 5.12. The van der Waals surface area contributed by atoms with E-state index in [4.69, 9.17) is 0 Å². The van der Waals surface area contributed by atoms with E-state index in [0.717, 1.165) is 25.8 Å². The number of hydrogen-bond donors (Lipinski definition) is 0. The van der Waals surface area contributed by atoms with E-state index in [1.54, 1.807) is 6.92 Å². The Hall–Kier alpha value is -0.960. The Bertz CT molecular complexity index is 317. The molecule has 0 saturated heterocycles. The lowest BCUT2D eigenvalue weighted by Gasteiger charge is -2.33. The molecule has 0 N–H and O–H groups in total. The molecule has 0 spiro atoms. The zero-order valence-corrected chi connectivity index (χ0v) is 8.79. The Morgan fingerprint density at radius 2 is 2.43 bits per heavy atom. The van der Waals surface area contributed by atoms with Gasteiger partial charge in [-0.25, -0.2) is 0 Å². The normalized spacial score (nSPS) is 27.7. The zero-order chi connectivity index (χ0) is 10.1. The Morgan fingerprint density at radius 3 is 3.14 bits per heavy atom. The van der Waals surface area contributed by atoms with Crippen molar-refractivity contribution in [1.29, 1.82) is 0 Å². The van der Waals surface area contributed by atoms with Gasteiger partial charge >= 0.3 is 0 Å². The fourth-order valence-electron chi connectivity index (χ4n) is 2.21. The highest BCUT2D eigenvalue weighted by atomic mass is 16.1. The van der Waals surface area contributed by atoms with Gasteiger partial charge in [-0.1, -0.05) is 0 Å². The van der Waals surface area contributed by atoms with Crippen LogP contribution in [0.25, 0.3) is 0 Å². The van der Waals surface area contributed by atoms with Gasteiger partial charge in [0.05, 0.1) is 11.7 Å². The highest BCUT2D eigenvalue weighted by molar-refractivity contribution is 5.82. The molecule has 0 aromatic rings. The van der Waals surface area contributed by atoms with Gasteiger partial charge < -0.3 is 0 Å². The van der Waals surface area contributed by atoms with Crippen LogP contribution in [0.15, 0.2) is 16.3 Å². The second-order valence-corrected chi connectivity index (χ2v) is 4.15. The number of ketones is 1. The van der Waals surface area contributed by atoms with Crippen LogP contribution < -0.4 is 0 Å². The third kappa shape index (κ3) is 1.64. The Labute approximate surface area is 84.5 Å². The molecule has 0 amide bonds. The van der Waals surface area contributed by atoms with E-state index in [2.05, 4.69) is 9.89 Å². The van der Waals surface area contributed by atoms with Crippen molar-refractivity contribution in [3.63, 3.8) is 0 Å². The molecule has 1 atom stereocenters. The molecule has 0 radical (unpaired) electrons. The van der Waals surface area contributed by atoms with E-state index in [1.165, 1.54) is 11.3 Å². The summed E-state index contributed by atoms with van der Waals surface area (Å²) in [5.74, 6) is 0.272. The van der Waals surface area contributed by atoms with Crippen LogP contribution in [0.4, 0.5) is 0 Å². The Kier molecular flexibility index (Phi) is 2.50. The fraction of sp³-hybridized carbons (Fsp3) is 0.636. The van der Waals surface area contributed by atoms with Crippen LogP contribution in [0, 0.1) is 0 Å². The van der Waals surface area contributed by atoms with Gasteiger partial charge in [0, 0.05) is 12.8 Å². The van der Waals surface area contributed by atoms with Crippen LogP contribution in [-0.4, -0.2) is 36.5 Å². The summed E-state index contributed by atoms with van der Waals surface area (Å²) >= 11 is 0. The van der Waals surface area contributed by atoms with Crippen molar-refractivity contribution in [3.05, 3.63) is 11.3 Å². The van der Waals surface area contributed by atoms with Crippen molar-refractivity contribution < 1.29 is 4.79 Å². The molecule has 76 valence electrons. The summed E-state index contributed by atoms with van der Waals surface area (Å²) < 4.78 is 0. The van der Waals surface area contributed by atoms with Crippen LogP contribution in [0.5, 0.6) is 0 Å². The number of hydrogen-bond acceptors (Lipinski definition) is 3. The molecule has 0 aromatic heterocycles. The molecular weight excluding hydrogens is 176 g/mol. The molecule has 14 heavy (non-hydrogen) atoms. The van der Waals surface area contributed by atoms with E-state index >= 15 is 0 Å². The molecule has 2 aliphatic rings. The number of carbonyl (C=O) groups is 1. The summed E-state index contributed by atoms with van der Waals surface area (Å²) in [6, 6.07) is 0.0852. The molecule has 3 heteroatoms. The summed E-state index contributed by atoms with van der Waals surface area (Å²) in [5.41, 5.74) is 2.59. The molecule has 0 aliphatic carbocycles. The highest BCUT2D eigenvalue weighted by Gasteiger charge is 2.28. The molecule has 0 bridgehead atoms. The van der Waals surface area contributed by atoms with Gasteiger partial charge in [-0.3, -0.25) is 14.7 Å². The molecule has 2 heterocycles. The second kappa shape index (κ2) is 3.65. The first kappa shape index (κ1) is 9.59. The molecule has 0 aromatic carbocycles. The van der Waals surface area contributed by atoms with Crippen LogP contribution in [0.1, 0.15) is 26.2 Å². The molecular formula is C11H16N2O. The van der Waals surface area contributed by atoms with Crippen LogP contribution in [0.2, 0.25) is 0 Å². The summed E-state index contributed by atoms with van der Waals surface area (Å²) in [6.45, 7) is 2.51. The van der Waals surface area contributed by atoms with Crippen molar-refractivity contribution >= 4 is 12.0 Å². The van der Waals surface area contributed by atoms with Crippen LogP contribution in [-0.2, 0) is 4.79 Å². The van der Waals surface area contributed by atoms with Crippen molar-refractivity contribution in [2.24, 2.45) is 4.99 Å². The topological polar surface area (TPSA) is 32.7 Å². The van der Waals surface area contributed by atoms with Gasteiger partial charge in [0.15, 0.2) is 0 Å². The predicted octanol–water partition coefficient (Wildman–Crippen LogP) is 1.40. The molecule has 3 nitrogen and oxygen atoms in total. The average molecular weight is 192 g/mol. The molecule has 0 saturated carbocycles. The van der Waals surface area contributed by atoms with Crippen molar-refractivity contribution in [2.45, 2.75) is 32.2 Å². The minimum Gasteiger partial charge on any atom is -0.298 e. The number of carbonyl (C=O) groups excluding carboxylic acids is 1. The third-order valence-corrected chi connectivity index (χ3v) is 3.07. The smallest absolute Gasteiger partial charge is 0.147 e. The monoisotopic (exact) mass is 192 g/mol. The average Bonchev–Trinajstić information content (AvgIpc) is 2.16. The number of nitrogens with zero attached hydrogens (tertiary/aromatic N) is 2. The van der Waals surface area contributed by atoms with Crippen LogP contribution in [0.3, 0.4) is 0 Å². The van der Waals surface area contributed by atoms with E-state index in [1.807, 2.05) is 13.3 Å². The predicted molar refractivity (Wildman–Crippen MR) is 56.5 cm³/mol. The minimum absolute atomic E-state index is 0.0852. The molecule has 1 unspecified atom stereocenters. The SMILES string of the molecule is CC(=O)C1CC2=C(CN1C)N=CCC2. The summed E-state index contributed by atoms with van der Waals surface area (Å²) in [5, 5.41) is 0. The Balaban J connectivity index is 2.21. The fourth-order valence-corrected chi connectivity index (χ4v) is 2.21. The lowest BCUT2D eigenvalue weighted by molar-refractivity contribution is -0.121. The standard InChI is InChI=1S/C11H16N2O/c1-8(14)11-6-9-4-3-5-12-10(9)7-13(11)2/h5,11H,3-4,6-7H2,1-2H3. The number of rotatable bonds is 1. The second-order valence-electron chi connectivity index (χ2n) is 4.15. The van der Waals surface area contributed by atoms with E-state index < -0.39 is 0 Å². The largest absolute Gasteiger partial charge is 0.298 e. The summed E-state index contributed by atoms with van der Waals surface area (Å²) in [4.78, 5) is 17.9. The van der Waals surface area contributed by atoms with Gasteiger partial charge in [0.2, 0.25) is 0 Å². The van der Waals surface area contributed by atoms with Crippen molar-refractivity contribution in [2.75, 3.05) is 13.6 Å². The maximum absolute atomic E-state index is 11.4. The van der Waals surface area contributed by atoms with Gasteiger partial charge in [-0.2, -0.15) is 0 Å². The molecule has 0 fully saturated rings. The van der Waals surface area contributed by atoms with Gasteiger partial charge in [-0.15, -0.1) is 0 Å². The van der Waals surface area contributed by atoms with Crippen LogP contribution >= 0.6 is 0 Å². The van der Waals surface area contributed by atoms with Gasteiger partial charge in [0.1, 0.15) is 5.78 Å². The van der Waals surface area contributed by atoms with Gasteiger partial charge in [-0.05, 0) is 38.8 Å². The third-order valence-electron chi connectivity index (χ3n) is 3.07. The summed E-state index contributed by atoms with van der Waals surface area (Å²) in [7, 11) is 2.00. The number of aliphatic imine (C=N–C) groups is 1. The van der Waals surface area contributed by atoms with E-state index in [9.17, 15) is 4.79 Å². The van der Waals surface area contributed by atoms with Gasteiger partial charge in [0.25, 0.3) is 0 Å². The molecule has 2 aliphatic heterocycles. The van der Waals surface area contributed by atoms with Crippen molar-refractivity contribution in [3.8, 4) is 0 Å². The first-order chi connectivity index (χ1) is 6.68.